The second-order valence-electron chi connectivity index (χ2n) is 4.17. The third-order valence-corrected chi connectivity index (χ3v) is 2.64. The third-order valence-electron chi connectivity index (χ3n) is 2.64. The molecule has 1 aromatic rings. The standard InChI is InChI=1S/C15H22O4/c1-3-4-8-18-9-10-19-12-15(16)13-6-5-7-14(11-13)17-2/h5-7,11H,3-4,8-10,12H2,1-2H3. The first-order chi connectivity index (χ1) is 9.27. The quantitative estimate of drug-likeness (QED) is 0.482. The van der Waals surface area contributed by atoms with Crippen LogP contribution in [0.3, 0.4) is 0 Å². The number of unbranched alkanes of at least 4 members (excludes halogenated alkanes) is 1. The maximum absolute atomic E-state index is 11.8. The Morgan fingerprint density at radius 2 is 1.95 bits per heavy atom. The van der Waals surface area contributed by atoms with Crippen LogP contribution in [0.5, 0.6) is 5.75 Å². The molecular weight excluding hydrogens is 244 g/mol. The fourth-order valence-corrected chi connectivity index (χ4v) is 1.51. The predicted octanol–water partition coefficient (Wildman–Crippen LogP) is 2.71. The third kappa shape index (κ3) is 6.36. The molecule has 0 saturated carbocycles. The average Bonchev–Trinajstić information content (AvgIpc) is 2.46. The van der Waals surface area contributed by atoms with Crippen LogP contribution in [0.25, 0.3) is 0 Å². The zero-order valence-electron chi connectivity index (χ0n) is 11.7. The van der Waals surface area contributed by atoms with Crippen LogP contribution >= 0.6 is 0 Å². The minimum absolute atomic E-state index is 0.0486. The van der Waals surface area contributed by atoms with Gasteiger partial charge in [0.25, 0.3) is 0 Å². The topological polar surface area (TPSA) is 44.8 Å². The lowest BCUT2D eigenvalue weighted by atomic mass is 10.1. The minimum Gasteiger partial charge on any atom is -0.497 e. The summed E-state index contributed by atoms with van der Waals surface area (Å²) >= 11 is 0. The van der Waals surface area contributed by atoms with Gasteiger partial charge in [-0.15, -0.1) is 0 Å². The SMILES string of the molecule is CCCCOCCOCC(=O)c1cccc(OC)c1. The summed E-state index contributed by atoms with van der Waals surface area (Å²) < 4.78 is 15.7. The van der Waals surface area contributed by atoms with Gasteiger partial charge in [-0.05, 0) is 18.6 Å². The first-order valence-corrected chi connectivity index (χ1v) is 6.60. The monoisotopic (exact) mass is 266 g/mol. The van der Waals surface area contributed by atoms with Crippen LogP contribution in [0.1, 0.15) is 30.1 Å². The highest BCUT2D eigenvalue weighted by Crippen LogP contribution is 2.12. The van der Waals surface area contributed by atoms with Gasteiger partial charge in [0.2, 0.25) is 0 Å². The van der Waals surface area contributed by atoms with E-state index in [1.165, 1.54) is 0 Å². The van der Waals surface area contributed by atoms with E-state index >= 15 is 0 Å². The van der Waals surface area contributed by atoms with Crippen LogP contribution < -0.4 is 4.74 Å². The largest absolute Gasteiger partial charge is 0.497 e. The predicted molar refractivity (Wildman–Crippen MR) is 73.9 cm³/mol. The molecule has 0 aromatic heterocycles. The van der Waals surface area contributed by atoms with Crippen molar-refractivity contribution in [2.24, 2.45) is 0 Å². The molecule has 19 heavy (non-hydrogen) atoms. The van der Waals surface area contributed by atoms with Crippen LogP contribution in [0.2, 0.25) is 0 Å². The second kappa shape index (κ2) is 9.53. The van der Waals surface area contributed by atoms with Gasteiger partial charge in [0, 0.05) is 12.2 Å². The number of Topliss-reactive ketones (excluding diaryl/α,β-unsaturated/α-hetero) is 1. The van der Waals surface area contributed by atoms with Crippen LogP contribution in [-0.2, 0) is 9.47 Å². The smallest absolute Gasteiger partial charge is 0.188 e. The molecular formula is C15H22O4. The lowest BCUT2D eigenvalue weighted by Gasteiger charge is -2.06. The number of ether oxygens (including phenoxy) is 3. The Balaban J connectivity index is 2.20. The van der Waals surface area contributed by atoms with Gasteiger partial charge >= 0.3 is 0 Å². The lowest BCUT2D eigenvalue weighted by Crippen LogP contribution is -2.13. The van der Waals surface area contributed by atoms with E-state index in [-0.39, 0.29) is 12.4 Å². The number of hydrogen-bond donors (Lipinski definition) is 0. The number of carbonyl (C=O) groups is 1. The normalized spacial score (nSPS) is 10.4. The molecule has 0 bridgehead atoms. The Labute approximate surface area is 114 Å². The molecule has 0 unspecified atom stereocenters. The Hall–Kier alpha value is -1.39. The molecule has 0 heterocycles. The van der Waals surface area contributed by atoms with Gasteiger partial charge in [-0.2, -0.15) is 0 Å². The van der Waals surface area contributed by atoms with Gasteiger partial charge in [0.05, 0.1) is 20.3 Å². The second-order valence-corrected chi connectivity index (χ2v) is 4.17. The summed E-state index contributed by atoms with van der Waals surface area (Å²) in [5, 5.41) is 0. The molecule has 1 aromatic carbocycles. The fourth-order valence-electron chi connectivity index (χ4n) is 1.51. The van der Waals surface area contributed by atoms with Crippen molar-refractivity contribution in [2.75, 3.05) is 33.5 Å². The van der Waals surface area contributed by atoms with Crippen molar-refractivity contribution >= 4 is 5.78 Å². The van der Waals surface area contributed by atoms with Gasteiger partial charge in [0.1, 0.15) is 12.4 Å². The van der Waals surface area contributed by atoms with E-state index in [1.54, 1.807) is 31.4 Å². The van der Waals surface area contributed by atoms with Crippen molar-refractivity contribution in [3.63, 3.8) is 0 Å². The van der Waals surface area contributed by atoms with Gasteiger partial charge in [-0.3, -0.25) is 4.79 Å². The van der Waals surface area contributed by atoms with Gasteiger partial charge in [-0.1, -0.05) is 25.5 Å². The summed E-state index contributed by atoms with van der Waals surface area (Å²) in [6, 6.07) is 7.06. The first-order valence-electron chi connectivity index (χ1n) is 6.60. The van der Waals surface area contributed by atoms with E-state index in [4.69, 9.17) is 14.2 Å². The highest BCUT2D eigenvalue weighted by molar-refractivity contribution is 5.97. The number of hydrogen-bond acceptors (Lipinski definition) is 4. The minimum atomic E-state index is -0.0486. The number of benzene rings is 1. The van der Waals surface area contributed by atoms with E-state index in [0.717, 1.165) is 19.4 Å². The van der Waals surface area contributed by atoms with E-state index in [2.05, 4.69) is 6.92 Å². The van der Waals surface area contributed by atoms with E-state index in [0.29, 0.717) is 24.5 Å². The van der Waals surface area contributed by atoms with Crippen molar-refractivity contribution in [3.8, 4) is 5.75 Å². The van der Waals surface area contributed by atoms with Crippen LogP contribution in [0.15, 0.2) is 24.3 Å². The number of rotatable bonds is 10. The van der Waals surface area contributed by atoms with Crippen molar-refractivity contribution in [1.82, 2.24) is 0 Å². The summed E-state index contributed by atoms with van der Waals surface area (Å²) in [6.07, 6.45) is 2.18. The van der Waals surface area contributed by atoms with Gasteiger partial charge < -0.3 is 14.2 Å². The molecule has 0 saturated heterocycles. The Morgan fingerprint density at radius 3 is 2.68 bits per heavy atom. The maximum Gasteiger partial charge on any atom is 0.188 e. The summed E-state index contributed by atoms with van der Waals surface area (Å²) in [6.45, 7) is 3.92. The van der Waals surface area contributed by atoms with Crippen LogP contribution in [-0.4, -0.2) is 39.3 Å². The molecule has 0 aliphatic rings. The van der Waals surface area contributed by atoms with E-state index in [1.807, 2.05) is 0 Å². The molecule has 1 rings (SSSR count). The Kier molecular flexibility index (Phi) is 7.86. The van der Waals surface area contributed by atoms with Gasteiger partial charge in [-0.25, -0.2) is 0 Å². The van der Waals surface area contributed by atoms with Crippen molar-refractivity contribution in [3.05, 3.63) is 29.8 Å². The van der Waals surface area contributed by atoms with Crippen molar-refractivity contribution < 1.29 is 19.0 Å². The number of methoxy groups -OCH3 is 1. The molecule has 0 aliphatic heterocycles. The zero-order chi connectivity index (χ0) is 13.9. The van der Waals surface area contributed by atoms with Gasteiger partial charge in [0.15, 0.2) is 5.78 Å². The zero-order valence-corrected chi connectivity index (χ0v) is 11.7. The fraction of sp³-hybridized carbons (Fsp3) is 0.533. The van der Waals surface area contributed by atoms with E-state index in [9.17, 15) is 4.79 Å². The maximum atomic E-state index is 11.8. The molecule has 0 atom stereocenters. The van der Waals surface area contributed by atoms with Crippen molar-refractivity contribution in [1.29, 1.82) is 0 Å². The molecule has 0 fully saturated rings. The molecule has 4 nitrogen and oxygen atoms in total. The lowest BCUT2D eigenvalue weighted by molar-refractivity contribution is 0.0432. The summed E-state index contributed by atoms with van der Waals surface area (Å²) in [7, 11) is 1.58. The summed E-state index contributed by atoms with van der Waals surface area (Å²) in [5.41, 5.74) is 0.603. The molecule has 0 radical (unpaired) electrons. The highest BCUT2D eigenvalue weighted by atomic mass is 16.5. The Bertz CT molecular complexity index is 376. The molecule has 106 valence electrons. The average molecular weight is 266 g/mol. The highest BCUT2D eigenvalue weighted by Gasteiger charge is 2.06. The van der Waals surface area contributed by atoms with Crippen molar-refractivity contribution in [2.45, 2.75) is 19.8 Å². The van der Waals surface area contributed by atoms with Crippen LogP contribution in [0.4, 0.5) is 0 Å². The van der Waals surface area contributed by atoms with E-state index < -0.39 is 0 Å². The summed E-state index contributed by atoms with van der Waals surface area (Å²) in [5.74, 6) is 0.626. The summed E-state index contributed by atoms with van der Waals surface area (Å²) in [4.78, 5) is 11.8. The Morgan fingerprint density at radius 1 is 1.16 bits per heavy atom. The number of ketones is 1. The molecule has 0 spiro atoms. The molecule has 0 amide bonds. The molecule has 0 N–H and O–H groups in total. The molecule has 4 heteroatoms. The number of carbonyl (C=O) groups excluding carboxylic acids is 1. The van der Waals surface area contributed by atoms with Crippen LogP contribution in [0, 0.1) is 0 Å². The molecule has 0 aliphatic carbocycles. The first kappa shape index (κ1) is 15.7.